The number of aliphatic hydroxyl groups excluding tert-OH is 1. The molecule has 24 heavy (non-hydrogen) atoms. The number of hydrogen-bond acceptors (Lipinski definition) is 4. The Hall–Kier alpha value is -2.34. The molecule has 0 saturated heterocycles. The van der Waals surface area contributed by atoms with Crippen molar-refractivity contribution in [3.05, 3.63) is 41.7 Å². The number of benzene rings is 1. The Labute approximate surface area is 141 Å². The highest BCUT2D eigenvalue weighted by atomic mass is 16.3. The fraction of sp³-hybridized carbons (Fsp3) is 0.444. The van der Waals surface area contributed by atoms with E-state index in [1.165, 1.54) is 16.4 Å². The van der Waals surface area contributed by atoms with E-state index in [0.29, 0.717) is 12.5 Å². The number of nitrogens with zero attached hydrogens (tertiary/aromatic N) is 2. The van der Waals surface area contributed by atoms with E-state index in [9.17, 15) is 15.0 Å². The predicted molar refractivity (Wildman–Crippen MR) is 90.4 cm³/mol. The lowest BCUT2D eigenvalue weighted by Crippen LogP contribution is -2.32. The molecule has 1 aliphatic rings. The maximum atomic E-state index is 12.2. The lowest BCUT2D eigenvalue weighted by Gasteiger charge is -2.11. The van der Waals surface area contributed by atoms with Crippen molar-refractivity contribution in [3.63, 3.8) is 0 Å². The first-order valence-electron chi connectivity index (χ1n) is 8.22. The van der Waals surface area contributed by atoms with Crippen molar-refractivity contribution in [2.45, 2.75) is 32.6 Å². The second-order valence-corrected chi connectivity index (χ2v) is 6.89. The third-order valence-electron chi connectivity index (χ3n) is 4.65. The molecule has 0 unspecified atom stereocenters. The van der Waals surface area contributed by atoms with Gasteiger partial charge in [-0.05, 0) is 36.5 Å². The van der Waals surface area contributed by atoms with Crippen LogP contribution in [0, 0.1) is 5.41 Å². The second kappa shape index (κ2) is 6.28. The molecule has 2 aromatic rings. The van der Waals surface area contributed by atoms with Gasteiger partial charge < -0.3 is 15.5 Å². The Morgan fingerprint density at radius 1 is 1.33 bits per heavy atom. The molecular weight excluding hydrogens is 306 g/mol. The van der Waals surface area contributed by atoms with Crippen LogP contribution in [-0.2, 0) is 0 Å². The third-order valence-corrected chi connectivity index (χ3v) is 4.65. The Bertz CT molecular complexity index is 730. The molecule has 1 aromatic heterocycles. The summed E-state index contributed by atoms with van der Waals surface area (Å²) in [6.45, 7) is 4.71. The number of carbonyl (C=O) groups is 1. The topological polar surface area (TPSA) is 87.4 Å². The first-order valence-corrected chi connectivity index (χ1v) is 8.22. The molecule has 1 aromatic carbocycles. The average molecular weight is 329 g/mol. The summed E-state index contributed by atoms with van der Waals surface area (Å²) in [5.41, 5.74) is 1.81. The highest BCUT2D eigenvalue weighted by molar-refractivity contribution is 5.94. The Kier molecular flexibility index (Phi) is 4.32. The zero-order chi connectivity index (χ0) is 17.3. The van der Waals surface area contributed by atoms with Gasteiger partial charge in [-0.1, -0.05) is 26.0 Å². The molecule has 0 aliphatic heterocycles. The molecule has 1 heterocycles. The van der Waals surface area contributed by atoms with E-state index in [0.717, 1.165) is 18.5 Å². The van der Waals surface area contributed by atoms with E-state index in [2.05, 4.69) is 24.3 Å². The van der Waals surface area contributed by atoms with Crippen LogP contribution in [0.2, 0.25) is 0 Å². The lowest BCUT2D eigenvalue weighted by molar-refractivity contribution is 0.0927. The molecule has 0 atom stereocenters. The largest absolute Gasteiger partial charge is 0.504 e. The highest BCUT2D eigenvalue weighted by Gasteiger charge is 2.42. The summed E-state index contributed by atoms with van der Waals surface area (Å²) in [7, 11) is 0. The predicted octanol–water partition coefficient (Wildman–Crippen LogP) is 2.20. The number of amides is 1. The van der Waals surface area contributed by atoms with Crippen LogP contribution in [0.25, 0.3) is 5.69 Å². The fourth-order valence-corrected chi connectivity index (χ4v) is 2.59. The molecule has 3 rings (SSSR count). The van der Waals surface area contributed by atoms with E-state index >= 15 is 0 Å². The first kappa shape index (κ1) is 16.5. The highest BCUT2D eigenvalue weighted by Crippen LogP contribution is 2.44. The molecule has 1 fully saturated rings. The fourth-order valence-electron chi connectivity index (χ4n) is 2.59. The Morgan fingerprint density at radius 2 is 2.00 bits per heavy atom. The number of aromatic nitrogens is 2. The van der Waals surface area contributed by atoms with Crippen molar-refractivity contribution in [2.24, 2.45) is 5.41 Å². The van der Waals surface area contributed by atoms with Crippen molar-refractivity contribution in [3.8, 4) is 11.4 Å². The summed E-state index contributed by atoms with van der Waals surface area (Å²) in [6, 6.07) is 7.84. The molecule has 0 spiro atoms. The number of aromatic hydroxyl groups is 1. The van der Waals surface area contributed by atoms with Crippen LogP contribution in [0.5, 0.6) is 5.75 Å². The zero-order valence-corrected chi connectivity index (χ0v) is 14.0. The van der Waals surface area contributed by atoms with Crippen molar-refractivity contribution in [1.82, 2.24) is 15.1 Å². The molecule has 6 heteroatoms. The van der Waals surface area contributed by atoms with Gasteiger partial charge in [0.25, 0.3) is 5.91 Å². The van der Waals surface area contributed by atoms with Gasteiger partial charge in [0.15, 0.2) is 11.4 Å². The zero-order valence-electron chi connectivity index (χ0n) is 14.0. The van der Waals surface area contributed by atoms with Crippen LogP contribution in [0.4, 0.5) is 0 Å². The second-order valence-electron chi connectivity index (χ2n) is 6.89. The molecule has 128 valence electrons. The number of nitrogens with one attached hydrogen (secondary N) is 1. The summed E-state index contributed by atoms with van der Waals surface area (Å²) in [5, 5.41) is 26.2. The van der Waals surface area contributed by atoms with Crippen LogP contribution < -0.4 is 5.32 Å². The summed E-state index contributed by atoms with van der Waals surface area (Å²) >= 11 is 0. The molecule has 1 aliphatic carbocycles. The number of aliphatic hydroxyl groups is 1. The Balaban J connectivity index is 1.73. The quantitative estimate of drug-likeness (QED) is 0.758. The molecule has 0 radical (unpaired) electrons. The van der Waals surface area contributed by atoms with E-state index in [-0.39, 0.29) is 23.5 Å². The van der Waals surface area contributed by atoms with Crippen LogP contribution in [0.15, 0.2) is 30.5 Å². The van der Waals surface area contributed by atoms with Gasteiger partial charge >= 0.3 is 0 Å². The van der Waals surface area contributed by atoms with Crippen molar-refractivity contribution < 1.29 is 15.0 Å². The summed E-state index contributed by atoms with van der Waals surface area (Å²) in [4.78, 5) is 12.2. The molecule has 1 amide bonds. The van der Waals surface area contributed by atoms with Crippen LogP contribution in [0.3, 0.4) is 0 Å². The van der Waals surface area contributed by atoms with E-state index in [1.807, 2.05) is 24.3 Å². The lowest BCUT2D eigenvalue weighted by atomic mass is 10.0. The van der Waals surface area contributed by atoms with Crippen molar-refractivity contribution in [2.75, 3.05) is 13.2 Å². The van der Waals surface area contributed by atoms with Crippen molar-refractivity contribution in [1.29, 1.82) is 0 Å². The molecule has 6 nitrogen and oxygen atoms in total. The third kappa shape index (κ3) is 3.28. The number of hydrogen-bond donors (Lipinski definition) is 3. The maximum absolute atomic E-state index is 12.2. The number of carbonyl (C=O) groups excluding carboxylic acids is 1. The van der Waals surface area contributed by atoms with E-state index in [1.54, 1.807) is 0 Å². The van der Waals surface area contributed by atoms with Gasteiger partial charge in [0.05, 0.1) is 18.5 Å². The SMILES string of the molecule is CC(C)c1ccc(-n2cc(O)c(C(=O)NCC3(CO)CC3)n2)cc1. The van der Waals surface area contributed by atoms with Gasteiger partial charge in [-0.15, -0.1) is 0 Å². The Morgan fingerprint density at radius 3 is 2.54 bits per heavy atom. The minimum absolute atomic E-state index is 0.00308. The first-order chi connectivity index (χ1) is 11.4. The summed E-state index contributed by atoms with van der Waals surface area (Å²) < 4.78 is 1.49. The van der Waals surface area contributed by atoms with Crippen LogP contribution in [0.1, 0.15) is 48.7 Å². The van der Waals surface area contributed by atoms with Crippen molar-refractivity contribution >= 4 is 5.91 Å². The monoisotopic (exact) mass is 329 g/mol. The standard InChI is InChI=1S/C18H23N3O3/c1-12(2)13-3-5-14(6-4-13)21-9-15(23)16(20-21)17(24)19-10-18(11-22)7-8-18/h3-6,9,12,22-23H,7-8,10-11H2,1-2H3,(H,19,24). The van der Waals surface area contributed by atoms with Crippen LogP contribution >= 0.6 is 0 Å². The van der Waals surface area contributed by atoms with Gasteiger partial charge in [-0.2, -0.15) is 5.10 Å². The maximum Gasteiger partial charge on any atom is 0.275 e. The van der Waals surface area contributed by atoms with Gasteiger partial charge in [-0.3, -0.25) is 4.79 Å². The summed E-state index contributed by atoms with van der Waals surface area (Å²) in [6.07, 6.45) is 3.25. The minimum atomic E-state index is -0.426. The van der Waals surface area contributed by atoms with Gasteiger partial charge in [0.1, 0.15) is 0 Å². The molecule has 3 N–H and O–H groups in total. The molecular formula is C18H23N3O3. The summed E-state index contributed by atoms with van der Waals surface area (Å²) in [5.74, 6) is -0.147. The molecule has 0 bridgehead atoms. The van der Waals surface area contributed by atoms with Crippen LogP contribution in [-0.4, -0.2) is 39.1 Å². The van der Waals surface area contributed by atoms with Gasteiger partial charge in [-0.25, -0.2) is 4.68 Å². The van der Waals surface area contributed by atoms with E-state index < -0.39 is 5.91 Å². The van der Waals surface area contributed by atoms with Gasteiger partial charge in [0.2, 0.25) is 0 Å². The molecule has 1 saturated carbocycles. The minimum Gasteiger partial charge on any atom is -0.504 e. The average Bonchev–Trinajstić information content (AvgIpc) is 3.27. The van der Waals surface area contributed by atoms with E-state index in [4.69, 9.17) is 0 Å². The van der Waals surface area contributed by atoms with Gasteiger partial charge in [0, 0.05) is 12.0 Å². The smallest absolute Gasteiger partial charge is 0.275 e. The number of rotatable bonds is 6. The normalized spacial score (nSPS) is 15.5.